The molecule has 1 aliphatic heterocycles. The molecule has 1 saturated heterocycles. The maximum absolute atomic E-state index is 9.94. The summed E-state index contributed by atoms with van der Waals surface area (Å²) in [6.07, 6.45) is 1.50. The van der Waals surface area contributed by atoms with Crippen LogP contribution in [0.15, 0.2) is 16.8 Å². The third-order valence-corrected chi connectivity index (χ3v) is 2.93. The van der Waals surface area contributed by atoms with Crippen LogP contribution in [-0.2, 0) is 11.2 Å². The van der Waals surface area contributed by atoms with Crippen molar-refractivity contribution in [3.63, 3.8) is 0 Å². The number of hydrogen-bond donors (Lipinski definition) is 1. The molecule has 1 aromatic heterocycles. The Labute approximate surface area is 75.8 Å². The van der Waals surface area contributed by atoms with Crippen LogP contribution in [0.25, 0.3) is 0 Å². The van der Waals surface area contributed by atoms with Gasteiger partial charge in [-0.3, -0.25) is 0 Å². The fourth-order valence-electron chi connectivity index (χ4n) is 1.51. The first-order chi connectivity index (χ1) is 5.79. The fraction of sp³-hybridized carbons (Fsp3) is 0.556. The first kappa shape index (κ1) is 8.23. The van der Waals surface area contributed by atoms with Gasteiger partial charge in [-0.15, -0.1) is 0 Å². The van der Waals surface area contributed by atoms with Gasteiger partial charge in [0.05, 0.1) is 12.2 Å². The minimum atomic E-state index is -0.596. The van der Waals surface area contributed by atoms with E-state index in [1.807, 2.05) is 5.38 Å². The highest BCUT2D eigenvalue weighted by molar-refractivity contribution is 7.07. The highest BCUT2D eigenvalue weighted by atomic mass is 32.1. The number of ether oxygens (including phenoxy) is 1. The van der Waals surface area contributed by atoms with Crippen LogP contribution in [0.5, 0.6) is 0 Å². The molecule has 66 valence electrons. The molecule has 12 heavy (non-hydrogen) atoms. The minimum absolute atomic E-state index is 0.489. The van der Waals surface area contributed by atoms with Gasteiger partial charge in [-0.25, -0.2) is 0 Å². The van der Waals surface area contributed by atoms with Crippen LogP contribution < -0.4 is 0 Å². The van der Waals surface area contributed by atoms with Crippen molar-refractivity contribution in [3.8, 4) is 0 Å². The predicted molar refractivity (Wildman–Crippen MR) is 48.4 cm³/mol. The number of hydrogen-bond acceptors (Lipinski definition) is 3. The van der Waals surface area contributed by atoms with Crippen LogP contribution in [0, 0.1) is 0 Å². The van der Waals surface area contributed by atoms with Crippen LogP contribution in [-0.4, -0.2) is 23.9 Å². The average molecular weight is 184 g/mol. The summed E-state index contributed by atoms with van der Waals surface area (Å²) in [4.78, 5) is 0. The van der Waals surface area contributed by atoms with E-state index in [1.54, 1.807) is 11.3 Å². The summed E-state index contributed by atoms with van der Waals surface area (Å²) >= 11 is 1.67. The summed E-state index contributed by atoms with van der Waals surface area (Å²) in [5.74, 6) is 0. The van der Waals surface area contributed by atoms with Gasteiger partial charge in [-0.2, -0.15) is 11.3 Å². The summed E-state index contributed by atoms with van der Waals surface area (Å²) in [6, 6.07) is 2.06. The second-order valence-corrected chi connectivity index (χ2v) is 4.12. The molecule has 1 unspecified atom stereocenters. The smallest absolute Gasteiger partial charge is 0.0942 e. The topological polar surface area (TPSA) is 29.5 Å². The van der Waals surface area contributed by atoms with Crippen molar-refractivity contribution in [2.75, 3.05) is 13.2 Å². The van der Waals surface area contributed by atoms with Crippen molar-refractivity contribution in [2.45, 2.75) is 18.4 Å². The Morgan fingerprint density at radius 1 is 1.67 bits per heavy atom. The maximum Gasteiger partial charge on any atom is 0.0942 e. The molecule has 2 rings (SSSR count). The Balaban J connectivity index is 2.02. The lowest BCUT2D eigenvalue weighted by molar-refractivity contribution is 0.0271. The molecular weight excluding hydrogens is 172 g/mol. The van der Waals surface area contributed by atoms with E-state index in [1.165, 1.54) is 5.56 Å². The van der Waals surface area contributed by atoms with E-state index in [2.05, 4.69) is 11.4 Å². The summed E-state index contributed by atoms with van der Waals surface area (Å²) in [5, 5.41) is 14.1. The third kappa shape index (κ3) is 1.68. The van der Waals surface area contributed by atoms with Crippen molar-refractivity contribution in [3.05, 3.63) is 22.4 Å². The molecule has 0 aromatic carbocycles. The maximum atomic E-state index is 9.94. The Morgan fingerprint density at radius 2 is 2.58 bits per heavy atom. The van der Waals surface area contributed by atoms with E-state index >= 15 is 0 Å². The Kier molecular flexibility index (Phi) is 2.17. The Hall–Kier alpha value is -0.380. The van der Waals surface area contributed by atoms with Gasteiger partial charge in [0.15, 0.2) is 0 Å². The van der Waals surface area contributed by atoms with Gasteiger partial charge in [0.2, 0.25) is 0 Å². The average Bonchev–Trinajstić information content (AvgIpc) is 2.62. The van der Waals surface area contributed by atoms with E-state index in [-0.39, 0.29) is 0 Å². The summed E-state index contributed by atoms with van der Waals surface area (Å²) in [6.45, 7) is 1.18. The Morgan fingerprint density at radius 3 is 3.17 bits per heavy atom. The molecule has 1 fully saturated rings. The molecule has 0 radical (unpaired) electrons. The highest BCUT2D eigenvalue weighted by Gasteiger charge is 2.32. The van der Waals surface area contributed by atoms with E-state index in [4.69, 9.17) is 4.74 Å². The lowest BCUT2D eigenvalue weighted by atomic mass is 9.96. The first-order valence-corrected chi connectivity index (χ1v) is 5.04. The van der Waals surface area contributed by atoms with Crippen molar-refractivity contribution >= 4 is 11.3 Å². The molecule has 2 heterocycles. The quantitative estimate of drug-likeness (QED) is 0.753. The van der Waals surface area contributed by atoms with E-state index in [0.29, 0.717) is 13.2 Å². The summed E-state index contributed by atoms with van der Waals surface area (Å²) < 4.78 is 5.16. The lowest BCUT2D eigenvalue weighted by Gasteiger charge is -2.18. The molecule has 0 spiro atoms. The zero-order chi connectivity index (χ0) is 8.44. The van der Waals surface area contributed by atoms with Gasteiger partial charge in [-0.1, -0.05) is 0 Å². The van der Waals surface area contributed by atoms with Crippen LogP contribution in [0.4, 0.5) is 0 Å². The van der Waals surface area contributed by atoms with Gasteiger partial charge in [0, 0.05) is 19.4 Å². The molecule has 1 aliphatic rings. The Bertz CT molecular complexity index is 237. The SMILES string of the molecule is OC1(Cc2ccsc2)CCOC1. The van der Waals surface area contributed by atoms with Gasteiger partial charge in [0.1, 0.15) is 0 Å². The molecule has 1 N–H and O–H groups in total. The molecular formula is C9H12O2S. The molecule has 0 amide bonds. The van der Waals surface area contributed by atoms with Crippen molar-refractivity contribution in [2.24, 2.45) is 0 Å². The van der Waals surface area contributed by atoms with E-state index in [9.17, 15) is 5.11 Å². The first-order valence-electron chi connectivity index (χ1n) is 4.10. The number of rotatable bonds is 2. The third-order valence-electron chi connectivity index (χ3n) is 2.20. The molecule has 0 bridgehead atoms. The van der Waals surface area contributed by atoms with Gasteiger partial charge < -0.3 is 9.84 Å². The van der Waals surface area contributed by atoms with Crippen molar-refractivity contribution < 1.29 is 9.84 Å². The molecule has 1 atom stereocenters. The van der Waals surface area contributed by atoms with Gasteiger partial charge >= 0.3 is 0 Å². The van der Waals surface area contributed by atoms with Crippen LogP contribution >= 0.6 is 11.3 Å². The molecule has 1 aromatic rings. The van der Waals surface area contributed by atoms with Gasteiger partial charge in [0.25, 0.3) is 0 Å². The normalized spacial score (nSPS) is 29.4. The second-order valence-electron chi connectivity index (χ2n) is 3.34. The molecule has 0 aliphatic carbocycles. The van der Waals surface area contributed by atoms with E-state index < -0.39 is 5.60 Å². The minimum Gasteiger partial charge on any atom is -0.387 e. The highest BCUT2D eigenvalue weighted by Crippen LogP contribution is 2.24. The van der Waals surface area contributed by atoms with Crippen LogP contribution in [0.1, 0.15) is 12.0 Å². The standard InChI is InChI=1S/C9H12O2S/c10-9(2-3-11-7-9)5-8-1-4-12-6-8/h1,4,6,10H,2-3,5,7H2. The van der Waals surface area contributed by atoms with Crippen molar-refractivity contribution in [1.29, 1.82) is 0 Å². The summed E-state index contributed by atoms with van der Waals surface area (Å²) in [5.41, 5.74) is 0.620. The second kappa shape index (κ2) is 3.17. The zero-order valence-corrected chi connectivity index (χ0v) is 7.64. The largest absolute Gasteiger partial charge is 0.387 e. The number of aliphatic hydroxyl groups is 1. The fourth-order valence-corrected chi connectivity index (χ4v) is 2.18. The molecule has 2 nitrogen and oxygen atoms in total. The van der Waals surface area contributed by atoms with Gasteiger partial charge in [-0.05, 0) is 22.4 Å². The summed E-state index contributed by atoms with van der Waals surface area (Å²) in [7, 11) is 0. The van der Waals surface area contributed by atoms with Crippen LogP contribution in [0.3, 0.4) is 0 Å². The molecule has 0 saturated carbocycles. The zero-order valence-electron chi connectivity index (χ0n) is 6.82. The van der Waals surface area contributed by atoms with Crippen LogP contribution in [0.2, 0.25) is 0 Å². The molecule has 3 heteroatoms. The number of thiophene rings is 1. The predicted octanol–water partition coefficient (Wildman–Crippen LogP) is 1.44. The van der Waals surface area contributed by atoms with E-state index in [0.717, 1.165) is 12.8 Å². The van der Waals surface area contributed by atoms with Crippen molar-refractivity contribution in [1.82, 2.24) is 0 Å². The monoisotopic (exact) mass is 184 g/mol. The lowest BCUT2D eigenvalue weighted by Crippen LogP contribution is -2.31.